The first kappa shape index (κ1) is 12.9. The van der Waals surface area contributed by atoms with Gasteiger partial charge in [-0.3, -0.25) is 0 Å². The van der Waals surface area contributed by atoms with E-state index in [1.54, 1.807) is 0 Å². The molecule has 1 aliphatic heterocycles. The smallest absolute Gasteiger partial charge is 0.0691 e. The van der Waals surface area contributed by atoms with Gasteiger partial charge in [0.1, 0.15) is 0 Å². The minimum atomic E-state index is -0.0714. The molecule has 0 aromatic rings. The second-order valence-electron chi connectivity index (χ2n) is 7.41. The summed E-state index contributed by atoms with van der Waals surface area (Å²) in [4.78, 5) is 0. The number of fused-ring (bicyclic) bond motifs is 1. The standard InChI is InChI=1S/C15H28N2O/c1-4-14(6-7-14)9-17-10-15(16)11-5-8-18-12(11)13(15,2)3/h11-12,17H,4-10,16H2,1-3H3. The summed E-state index contributed by atoms with van der Waals surface area (Å²) in [5, 5.41) is 3.67. The number of nitrogens with one attached hydrogen (secondary N) is 1. The van der Waals surface area contributed by atoms with Crippen molar-refractivity contribution < 1.29 is 4.74 Å². The topological polar surface area (TPSA) is 47.3 Å². The van der Waals surface area contributed by atoms with Gasteiger partial charge in [0, 0.05) is 36.6 Å². The van der Waals surface area contributed by atoms with E-state index in [0.29, 0.717) is 17.4 Å². The van der Waals surface area contributed by atoms with Crippen molar-refractivity contribution in [3.8, 4) is 0 Å². The van der Waals surface area contributed by atoms with E-state index >= 15 is 0 Å². The molecular weight excluding hydrogens is 224 g/mol. The van der Waals surface area contributed by atoms with Crippen LogP contribution in [0.5, 0.6) is 0 Å². The summed E-state index contributed by atoms with van der Waals surface area (Å²) in [6, 6.07) is 0. The Morgan fingerprint density at radius 2 is 2.00 bits per heavy atom. The predicted octanol–water partition coefficient (Wildman–Crippen LogP) is 1.91. The fraction of sp³-hybridized carbons (Fsp3) is 1.00. The number of nitrogens with two attached hydrogens (primary N) is 1. The molecule has 3 atom stereocenters. The molecule has 3 rings (SSSR count). The minimum absolute atomic E-state index is 0.0714. The minimum Gasteiger partial charge on any atom is -0.377 e. The van der Waals surface area contributed by atoms with Crippen LogP contribution in [-0.4, -0.2) is 31.3 Å². The van der Waals surface area contributed by atoms with Crippen LogP contribution in [0.25, 0.3) is 0 Å². The second kappa shape index (κ2) is 3.94. The lowest BCUT2D eigenvalue weighted by atomic mass is 9.48. The average molecular weight is 252 g/mol. The van der Waals surface area contributed by atoms with E-state index in [0.717, 1.165) is 26.1 Å². The van der Waals surface area contributed by atoms with Crippen molar-refractivity contribution >= 4 is 0 Å². The van der Waals surface area contributed by atoms with Crippen LogP contribution in [0, 0.1) is 16.7 Å². The number of hydrogen-bond donors (Lipinski definition) is 2. The zero-order valence-corrected chi connectivity index (χ0v) is 12.1. The molecule has 3 aliphatic rings. The molecule has 3 unspecified atom stereocenters. The Morgan fingerprint density at radius 1 is 1.28 bits per heavy atom. The third-order valence-electron chi connectivity index (χ3n) is 6.29. The van der Waals surface area contributed by atoms with Gasteiger partial charge in [0.2, 0.25) is 0 Å². The van der Waals surface area contributed by atoms with Crippen LogP contribution in [-0.2, 0) is 4.74 Å². The Balaban J connectivity index is 1.58. The van der Waals surface area contributed by atoms with Crippen molar-refractivity contribution in [2.24, 2.45) is 22.5 Å². The Hall–Kier alpha value is -0.120. The Morgan fingerprint density at radius 3 is 2.61 bits per heavy atom. The summed E-state index contributed by atoms with van der Waals surface area (Å²) in [6.07, 6.45) is 5.63. The number of ether oxygens (including phenoxy) is 1. The SMILES string of the molecule is CCC1(CNCC2(N)C3CCOC3C2(C)C)CC1. The third kappa shape index (κ3) is 1.60. The summed E-state index contributed by atoms with van der Waals surface area (Å²) < 4.78 is 5.84. The molecule has 3 fully saturated rings. The molecule has 0 amide bonds. The molecule has 1 heterocycles. The molecule has 18 heavy (non-hydrogen) atoms. The third-order valence-corrected chi connectivity index (χ3v) is 6.29. The Bertz CT molecular complexity index is 337. The van der Waals surface area contributed by atoms with E-state index in [-0.39, 0.29) is 11.0 Å². The van der Waals surface area contributed by atoms with Gasteiger partial charge in [-0.1, -0.05) is 20.8 Å². The van der Waals surface area contributed by atoms with Gasteiger partial charge in [0.05, 0.1) is 6.10 Å². The van der Waals surface area contributed by atoms with Gasteiger partial charge in [0.15, 0.2) is 0 Å². The number of hydrogen-bond acceptors (Lipinski definition) is 3. The van der Waals surface area contributed by atoms with E-state index in [9.17, 15) is 0 Å². The van der Waals surface area contributed by atoms with E-state index in [1.165, 1.54) is 19.3 Å². The Kier molecular flexibility index (Phi) is 2.82. The van der Waals surface area contributed by atoms with Gasteiger partial charge in [-0.05, 0) is 31.1 Å². The van der Waals surface area contributed by atoms with Crippen molar-refractivity contribution in [3.63, 3.8) is 0 Å². The van der Waals surface area contributed by atoms with Gasteiger partial charge in [-0.25, -0.2) is 0 Å². The van der Waals surface area contributed by atoms with Crippen molar-refractivity contribution in [1.29, 1.82) is 0 Å². The lowest BCUT2D eigenvalue weighted by molar-refractivity contribution is -0.153. The highest BCUT2D eigenvalue weighted by molar-refractivity contribution is 5.21. The van der Waals surface area contributed by atoms with Crippen molar-refractivity contribution in [1.82, 2.24) is 5.32 Å². The molecule has 0 bridgehead atoms. The van der Waals surface area contributed by atoms with Crippen molar-refractivity contribution in [2.45, 2.75) is 58.1 Å². The fourth-order valence-corrected chi connectivity index (χ4v) is 4.20. The maximum absolute atomic E-state index is 6.71. The zero-order valence-electron chi connectivity index (χ0n) is 12.1. The lowest BCUT2D eigenvalue weighted by Crippen LogP contribution is -2.78. The molecule has 3 nitrogen and oxygen atoms in total. The quantitative estimate of drug-likeness (QED) is 0.786. The van der Waals surface area contributed by atoms with Gasteiger partial charge in [0.25, 0.3) is 0 Å². The second-order valence-corrected chi connectivity index (χ2v) is 7.41. The van der Waals surface area contributed by atoms with E-state index in [4.69, 9.17) is 10.5 Å². The Labute approximate surface area is 111 Å². The van der Waals surface area contributed by atoms with E-state index in [2.05, 4.69) is 26.1 Å². The highest BCUT2D eigenvalue weighted by Crippen LogP contribution is 2.58. The van der Waals surface area contributed by atoms with Crippen LogP contribution < -0.4 is 11.1 Å². The van der Waals surface area contributed by atoms with Gasteiger partial charge < -0.3 is 15.8 Å². The van der Waals surface area contributed by atoms with E-state index < -0.39 is 0 Å². The fourth-order valence-electron chi connectivity index (χ4n) is 4.20. The molecule has 2 aliphatic carbocycles. The molecule has 0 radical (unpaired) electrons. The summed E-state index contributed by atoms with van der Waals surface area (Å²) in [5.74, 6) is 0.566. The van der Waals surface area contributed by atoms with Crippen LogP contribution in [0.4, 0.5) is 0 Å². The van der Waals surface area contributed by atoms with Crippen molar-refractivity contribution in [2.75, 3.05) is 19.7 Å². The monoisotopic (exact) mass is 252 g/mol. The summed E-state index contributed by atoms with van der Waals surface area (Å²) >= 11 is 0. The number of rotatable bonds is 5. The first-order valence-corrected chi connectivity index (χ1v) is 7.56. The predicted molar refractivity (Wildman–Crippen MR) is 73.4 cm³/mol. The molecule has 1 saturated heterocycles. The molecule has 0 aromatic carbocycles. The maximum atomic E-state index is 6.71. The molecule has 3 heteroatoms. The molecule has 0 aromatic heterocycles. The van der Waals surface area contributed by atoms with Gasteiger partial charge >= 0.3 is 0 Å². The van der Waals surface area contributed by atoms with Gasteiger partial charge in [-0.15, -0.1) is 0 Å². The summed E-state index contributed by atoms with van der Waals surface area (Å²) in [6.45, 7) is 9.85. The molecular formula is C15H28N2O. The molecule has 104 valence electrons. The maximum Gasteiger partial charge on any atom is 0.0691 e. The van der Waals surface area contributed by atoms with E-state index in [1.807, 2.05) is 0 Å². The lowest BCUT2D eigenvalue weighted by Gasteiger charge is -2.62. The highest BCUT2D eigenvalue weighted by Gasteiger charge is 2.67. The summed E-state index contributed by atoms with van der Waals surface area (Å²) in [5.41, 5.74) is 7.37. The van der Waals surface area contributed by atoms with Crippen LogP contribution in [0.15, 0.2) is 0 Å². The first-order chi connectivity index (χ1) is 8.45. The van der Waals surface area contributed by atoms with Crippen LogP contribution in [0.2, 0.25) is 0 Å². The first-order valence-electron chi connectivity index (χ1n) is 7.56. The van der Waals surface area contributed by atoms with Crippen molar-refractivity contribution in [3.05, 3.63) is 0 Å². The summed E-state index contributed by atoms with van der Waals surface area (Å²) in [7, 11) is 0. The largest absolute Gasteiger partial charge is 0.377 e. The van der Waals surface area contributed by atoms with Crippen LogP contribution >= 0.6 is 0 Å². The zero-order chi connectivity index (χ0) is 13.0. The van der Waals surface area contributed by atoms with Gasteiger partial charge in [-0.2, -0.15) is 0 Å². The molecule has 0 spiro atoms. The van der Waals surface area contributed by atoms with Crippen LogP contribution in [0.1, 0.15) is 46.5 Å². The normalized spacial score (nSPS) is 43.3. The highest BCUT2D eigenvalue weighted by atomic mass is 16.5. The molecule has 2 saturated carbocycles. The average Bonchev–Trinajstić information content (AvgIpc) is 2.95. The van der Waals surface area contributed by atoms with Crippen LogP contribution in [0.3, 0.4) is 0 Å². The molecule has 3 N–H and O–H groups in total.